The molecule has 1 saturated carbocycles. The minimum atomic E-state index is -0.268. The van der Waals surface area contributed by atoms with Gasteiger partial charge in [-0.05, 0) is 18.0 Å². The predicted octanol–water partition coefficient (Wildman–Crippen LogP) is 1.17. The predicted molar refractivity (Wildman–Crippen MR) is 65.1 cm³/mol. The number of ether oxygens (including phenoxy) is 1. The van der Waals surface area contributed by atoms with Crippen molar-refractivity contribution in [3.8, 4) is 0 Å². The van der Waals surface area contributed by atoms with Crippen molar-refractivity contribution >= 4 is 34.4 Å². The number of imidazole rings is 1. The lowest BCUT2D eigenvalue weighted by molar-refractivity contribution is 0.148. The summed E-state index contributed by atoms with van der Waals surface area (Å²) in [5.74, 6) is 0.377. The number of fused-ring (bicyclic) bond motifs is 2. The van der Waals surface area contributed by atoms with E-state index in [-0.39, 0.29) is 21.7 Å². The van der Waals surface area contributed by atoms with E-state index in [0.29, 0.717) is 30.3 Å². The molecule has 8 heteroatoms. The van der Waals surface area contributed by atoms with Gasteiger partial charge in [0.2, 0.25) is 5.28 Å². The maximum Gasteiger partial charge on any atom is 0.328 e. The lowest BCUT2D eigenvalue weighted by Crippen LogP contribution is -2.31. The third kappa shape index (κ3) is 1.20. The molecule has 94 valence electrons. The van der Waals surface area contributed by atoms with Gasteiger partial charge in [-0.2, -0.15) is 4.98 Å². The second kappa shape index (κ2) is 3.26. The molecule has 1 aliphatic heterocycles. The van der Waals surface area contributed by atoms with Crippen LogP contribution in [0.2, 0.25) is 10.4 Å². The molecule has 6 nitrogen and oxygen atoms in total. The molecule has 0 bridgehead atoms. The van der Waals surface area contributed by atoms with E-state index in [1.54, 1.807) is 4.57 Å². The molecule has 0 unspecified atom stereocenters. The topological polar surface area (TPSA) is 72.8 Å². The van der Waals surface area contributed by atoms with Crippen LogP contribution in [0.25, 0.3) is 11.2 Å². The van der Waals surface area contributed by atoms with Gasteiger partial charge in [-0.15, -0.1) is 0 Å². The second-order valence-corrected chi connectivity index (χ2v) is 5.46. The zero-order valence-corrected chi connectivity index (χ0v) is 10.6. The molecule has 1 aliphatic carbocycles. The number of aromatic nitrogens is 4. The minimum Gasteiger partial charge on any atom is -0.379 e. The van der Waals surface area contributed by atoms with E-state index in [2.05, 4.69) is 15.0 Å². The van der Waals surface area contributed by atoms with Crippen LogP contribution in [0.5, 0.6) is 0 Å². The summed E-state index contributed by atoms with van der Waals surface area (Å²) in [6.45, 7) is 1.22. The average molecular weight is 287 g/mol. The number of hydrogen-bond acceptors (Lipinski definition) is 4. The summed E-state index contributed by atoms with van der Waals surface area (Å²) in [4.78, 5) is 22.7. The van der Waals surface area contributed by atoms with E-state index in [1.807, 2.05) is 0 Å². The summed E-state index contributed by atoms with van der Waals surface area (Å²) in [7, 11) is 0. The van der Waals surface area contributed by atoms with Gasteiger partial charge in [0.15, 0.2) is 10.8 Å². The molecule has 0 radical (unpaired) electrons. The molecule has 2 aromatic rings. The molecule has 4 rings (SSSR count). The summed E-state index contributed by atoms with van der Waals surface area (Å²) in [6, 6.07) is 0. The first-order chi connectivity index (χ1) is 8.62. The van der Waals surface area contributed by atoms with Crippen LogP contribution in [0.1, 0.15) is 6.42 Å². The Morgan fingerprint density at radius 3 is 2.94 bits per heavy atom. The van der Waals surface area contributed by atoms with Crippen molar-refractivity contribution in [1.82, 2.24) is 19.5 Å². The van der Waals surface area contributed by atoms with E-state index in [1.165, 1.54) is 0 Å². The number of nitrogens with one attached hydrogen (secondary N) is 1. The standard InChI is InChI=1S/C10H8Cl2N4O2/c11-6-5-7(15-8(12)14-6)16(9(17)13-5)10-1-4(10)2-18-3-10/h4H,1-3H2,(H,13,17)/t4-,10-/m0/s1. The molecule has 0 aromatic carbocycles. The number of halogens is 2. The number of rotatable bonds is 1. The highest BCUT2D eigenvalue weighted by atomic mass is 35.5. The van der Waals surface area contributed by atoms with Crippen LogP contribution in [-0.2, 0) is 10.3 Å². The lowest BCUT2D eigenvalue weighted by atomic mass is 10.2. The summed E-state index contributed by atoms with van der Waals surface area (Å²) >= 11 is 11.8. The Morgan fingerprint density at radius 1 is 1.44 bits per heavy atom. The van der Waals surface area contributed by atoms with E-state index in [4.69, 9.17) is 27.9 Å². The Hall–Kier alpha value is -1.11. The van der Waals surface area contributed by atoms with Crippen molar-refractivity contribution in [1.29, 1.82) is 0 Å². The summed E-state index contributed by atoms with van der Waals surface area (Å²) < 4.78 is 7.04. The van der Waals surface area contributed by atoms with Crippen LogP contribution in [0.15, 0.2) is 4.79 Å². The van der Waals surface area contributed by atoms with Gasteiger partial charge < -0.3 is 9.72 Å². The monoisotopic (exact) mass is 286 g/mol. The van der Waals surface area contributed by atoms with Crippen molar-refractivity contribution in [2.75, 3.05) is 13.2 Å². The van der Waals surface area contributed by atoms with Crippen LogP contribution < -0.4 is 5.69 Å². The summed E-state index contributed by atoms with van der Waals surface area (Å²) in [6.07, 6.45) is 0.930. The van der Waals surface area contributed by atoms with E-state index in [0.717, 1.165) is 6.42 Å². The Labute approximate surface area is 111 Å². The normalized spacial score (nSPS) is 29.8. The van der Waals surface area contributed by atoms with Gasteiger partial charge in [0.1, 0.15) is 5.52 Å². The first kappa shape index (κ1) is 10.8. The number of H-pyrrole nitrogens is 1. The van der Waals surface area contributed by atoms with Crippen LogP contribution in [0.3, 0.4) is 0 Å². The fourth-order valence-electron chi connectivity index (χ4n) is 2.81. The van der Waals surface area contributed by atoms with Gasteiger partial charge in [0, 0.05) is 5.92 Å². The molecule has 1 N–H and O–H groups in total. The van der Waals surface area contributed by atoms with Gasteiger partial charge in [-0.3, -0.25) is 4.57 Å². The molecule has 2 aliphatic rings. The first-order valence-corrected chi connectivity index (χ1v) is 6.29. The number of aromatic amines is 1. The van der Waals surface area contributed by atoms with Crippen LogP contribution >= 0.6 is 23.2 Å². The molecule has 2 atom stereocenters. The molecule has 18 heavy (non-hydrogen) atoms. The molecule has 2 aromatic heterocycles. The molecular weight excluding hydrogens is 279 g/mol. The Morgan fingerprint density at radius 2 is 2.28 bits per heavy atom. The zero-order chi connectivity index (χ0) is 12.5. The number of hydrogen-bond donors (Lipinski definition) is 1. The first-order valence-electron chi connectivity index (χ1n) is 5.54. The zero-order valence-electron chi connectivity index (χ0n) is 9.11. The smallest absolute Gasteiger partial charge is 0.328 e. The molecular formula is C10H8Cl2N4O2. The van der Waals surface area contributed by atoms with E-state index >= 15 is 0 Å². The third-order valence-corrected chi connectivity index (χ3v) is 4.22. The molecule has 1 saturated heterocycles. The quantitative estimate of drug-likeness (QED) is 0.631. The van der Waals surface area contributed by atoms with Crippen molar-refractivity contribution in [3.63, 3.8) is 0 Å². The average Bonchev–Trinajstić information content (AvgIpc) is 2.68. The Balaban J connectivity index is 2.06. The maximum atomic E-state index is 12.1. The molecule has 0 spiro atoms. The van der Waals surface area contributed by atoms with Crippen molar-refractivity contribution in [2.45, 2.75) is 12.0 Å². The van der Waals surface area contributed by atoms with E-state index in [9.17, 15) is 4.79 Å². The maximum absolute atomic E-state index is 12.1. The van der Waals surface area contributed by atoms with Crippen LogP contribution in [0.4, 0.5) is 0 Å². The van der Waals surface area contributed by atoms with Crippen LogP contribution in [0, 0.1) is 5.92 Å². The van der Waals surface area contributed by atoms with Gasteiger partial charge in [0.05, 0.1) is 18.8 Å². The Kier molecular flexibility index (Phi) is 1.95. The second-order valence-electron chi connectivity index (χ2n) is 4.77. The van der Waals surface area contributed by atoms with Crippen LogP contribution in [-0.4, -0.2) is 32.7 Å². The van der Waals surface area contributed by atoms with E-state index < -0.39 is 0 Å². The minimum absolute atomic E-state index is 0.0350. The highest BCUT2D eigenvalue weighted by Crippen LogP contribution is 2.54. The third-order valence-electron chi connectivity index (χ3n) is 3.78. The van der Waals surface area contributed by atoms with Crippen molar-refractivity contribution < 1.29 is 4.74 Å². The SMILES string of the molecule is O=c1[nH]c2c(Cl)nc(Cl)nc2n1[C@@]12COC[C@@H]1C2. The van der Waals surface area contributed by atoms with Gasteiger partial charge >= 0.3 is 5.69 Å². The number of nitrogens with zero attached hydrogens (tertiary/aromatic N) is 3. The largest absolute Gasteiger partial charge is 0.379 e. The van der Waals surface area contributed by atoms with Gasteiger partial charge in [-0.1, -0.05) is 11.6 Å². The molecule has 3 heterocycles. The Bertz CT molecular complexity index is 724. The molecule has 0 amide bonds. The van der Waals surface area contributed by atoms with Crippen molar-refractivity contribution in [3.05, 3.63) is 20.9 Å². The summed E-state index contributed by atoms with van der Waals surface area (Å²) in [5.41, 5.74) is 0.378. The van der Waals surface area contributed by atoms with Gasteiger partial charge in [0.25, 0.3) is 0 Å². The fraction of sp³-hybridized carbons (Fsp3) is 0.500. The highest BCUT2D eigenvalue weighted by Gasteiger charge is 2.61. The fourth-order valence-corrected chi connectivity index (χ4v) is 3.23. The lowest BCUT2D eigenvalue weighted by Gasteiger charge is -2.12. The molecule has 2 fully saturated rings. The summed E-state index contributed by atoms with van der Waals surface area (Å²) in [5, 5.41) is 0.195. The van der Waals surface area contributed by atoms with Gasteiger partial charge in [-0.25, -0.2) is 9.78 Å². The van der Waals surface area contributed by atoms with Crippen molar-refractivity contribution in [2.24, 2.45) is 5.92 Å². The highest BCUT2D eigenvalue weighted by molar-refractivity contribution is 6.35.